The molecule has 30 heavy (non-hydrogen) atoms. The Kier molecular flexibility index (Phi) is 7.55. The van der Waals surface area contributed by atoms with Crippen LogP contribution in [0.3, 0.4) is 0 Å². The zero-order chi connectivity index (χ0) is 22.3. The number of piperazine rings is 1. The number of ether oxygens (including phenoxy) is 1. The van der Waals surface area contributed by atoms with Gasteiger partial charge >= 0.3 is 11.9 Å². The first kappa shape index (κ1) is 22.9. The third-order valence-electron chi connectivity index (χ3n) is 4.14. The molecule has 1 fully saturated rings. The molecule has 0 saturated carbocycles. The number of nitrogens with zero attached hydrogens (tertiary/aromatic N) is 2. The number of aliphatic carboxylic acids is 2. The summed E-state index contributed by atoms with van der Waals surface area (Å²) in [6.45, 7) is 1.16. The maximum absolute atomic E-state index is 12.7. The van der Waals surface area contributed by atoms with E-state index in [-0.39, 0.29) is 29.7 Å². The van der Waals surface area contributed by atoms with Crippen molar-refractivity contribution in [3.8, 4) is 5.75 Å². The lowest BCUT2D eigenvalue weighted by Crippen LogP contribution is -2.50. The van der Waals surface area contributed by atoms with Crippen molar-refractivity contribution in [2.75, 3.05) is 33.3 Å². The lowest BCUT2D eigenvalue weighted by atomic mass is 10.3. The maximum atomic E-state index is 12.7. The molecule has 12 heteroatoms. The fourth-order valence-electron chi connectivity index (χ4n) is 2.58. The summed E-state index contributed by atoms with van der Waals surface area (Å²) in [7, 11) is -2.05. The van der Waals surface area contributed by atoms with Crippen molar-refractivity contribution < 1.29 is 42.2 Å². The highest BCUT2D eigenvalue weighted by atomic mass is 32.2. The average Bonchev–Trinajstić information content (AvgIpc) is 3.28. The summed E-state index contributed by atoms with van der Waals surface area (Å²) in [6.07, 6.45) is 1.44. The number of carboxylic acid groups (broad SMARTS) is 2. The zero-order valence-electron chi connectivity index (χ0n) is 15.9. The van der Waals surface area contributed by atoms with Crippen LogP contribution in [0.15, 0.2) is 52.0 Å². The van der Waals surface area contributed by atoms with Gasteiger partial charge in [-0.3, -0.25) is 4.79 Å². The van der Waals surface area contributed by atoms with Crippen molar-refractivity contribution in [3.63, 3.8) is 0 Å². The highest BCUT2D eigenvalue weighted by molar-refractivity contribution is 7.89. The van der Waals surface area contributed by atoms with Crippen molar-refractivity contribution in [2.45, 2.75) is 4.90 Å². The molecule has 0 radical (unpaired) electrons. The van der Waals surface area contributed by atoms with Gasteiger partial charge in [0.05, 0.1) is 18.3 Å². The van der Waals surface area contributed by atoms with Crippen LogP contribution >= 0.6 is 0 Å². The number of methoxy groups -OCH3 is 1. The van der Waals surface area contributed by atoms with E-state index in [1.165, 1.54) is 29.8 Å². The van der Waals surface area contributed by atoms with E-state index in [1.54, 1.807) is 29.2 Å². The van der Waals surface area contributed by atoms with Gasteiger partial charge < -0.3 is 24.3 Å². The van der Waals surface area contributed by atoms with Gasteiger partial charge in [-0.15, -0.1) is 0 Å². The van der Waals surface area contributed by atoms with E-state index in [4.69, 9.17) is 29.0 Å². The highest BCUT2D eigenvalue weighted by Gasteiger charge is 2.31. The number of benzene rings is 1. The Bertz CT molecular complexity index is 965. The molecule has 0 unspecified atom stereocenters. The second kappa shape index (κ2) is 9.89. The Morgan fingerprint density at radius 1 is 0.967 bits per heavy atom. The fraction of sp³-hybridized carbons (Fsp3) is 0.278. The van der Waals surface area contributed by atoms with E-state index in [0.717, 1.165) is 0 Å². The van der Waals surface area contributed by atoms with Crippen LogP contribution < -0.4 is 4.74 Å². The van der Waals surface area contributed by atoms with Crippen LogP contribution in [0, 0.1) is 0 Å². The molecule has 11 nitrogen and oxygen atoms in total. The molecular weight excluding hydrogens is 420 g/mol. The summed E-state index contributed by atoms with van der Waals surface area (Å²) >= 11 is 0. The van der Waals surface area contributed by atoms with Gasteiger partial charge in [-0.25, -0.2) is 18.0 Å². The van der Waals surface area contributed by atoms with Gasteiger partial charge in [-0.05, 0) is 36.4 Å². The standard InChI is InChI=1S/C16H18N2O5S.C2H2O4/c1-22-13-4-6-14(7-5-13)24(20,21)18-10-8-17(9-11-18)16(19)15-3-2-12-23-15;3-1(4)2(5)6/h2-7,12H,8-11H2,1H3;(H,3,4)(H,5,6). The van der Waals surface area contributed by atoms with Crippen molar-refractivity contribution in [1.82, 2.24) is 9.21 Å². The van der Waals surface area contributed by atoms with Crippen molar-refractivity contribution in [3.05, 3.63) is 48.4 Å². The molecule has 1 aliphatic heterocycles. The van der Waals surface area contributed by atoms with Crippen LogP contribution in [-0.4, -0.2) is 79.0 Å². The van der Waals surface area contributed by atoms with Gasteiger partial charge in [-0.1, -0.05) is 0 Å². The second-order valence-electron chi connectivity index (χ2n) is 5.96. The molecule has 2 N–H and O–H groups in total. The SMILES string of the molecule is COc1ccc(S(=O)(=O)N2CCN(C(=O)c3ccco3)CC2)cc1.O=C(O)C(=O)O. The molecule has 1 aromatic heterocycles. The lowest BCUT2D eigenvalue weighted by molar-refractivity contribution is -0.159. The van der Waals surface area contributed by atoms with E-state index in [2.05, 4.69) is 0 Å². The molecule has 1 aromatic carbocycles. The lowest BCUT2D eigenvalue weighted by Gasteiger charge is -2.33. The zero-order valence-corrected chi connectivity index (χ0v) is 16.7. The second-order valence-corrected chi connectivity index (χ2v) is 7.90. The van der Waals surface area contributed by atoms with E-state index >= 15 is 0 Å². The third kappa shape index (κ3) is 5.58. The quantitative estimate of drug-likeness (QED) is 0.650. The number of sulfonamides is 1. The van der Waals surface area contributed by atoms with Gasteiger partial charge in [0.15, 0.2) is 5.76 Å². The molecule has 0 atom stereocenters. The van der Waals surface area contributed by atoms with Crippen molar-refractivity contribution in [1.29, 1.82) is 0 Å². The molecule has 1 amide bonds. The number of carbonyl (C=O) groups excluding carboxylic acids is 1. The molecule has 0 aliphatic carbocycles. The number of hydrogen-bond acceptors (Lipinski definition) is 7. The number of furan rings is 1. The number of carbonyl (C=O) groups is 3. The highest BCUT2D eigenvalue weighted by Crippen LogP contribution is 2.21. The van der Waals surface area contributed by atoms with Gasteiger partial charge in [0.25, 0.3) is 5.91 Å². The third-order valence-corrected chi connectivity index (χ3v) is 6.05. The molecule has 162 valence electrons. The van der Waals surface area contributed by atoms with Crippen LogP contribution in [0.1, 0.15) is 10.6 Å². The minimum atomic E-state index is -3.57. The van der Waals surface area contributed by atoms with Crippen LogP contribution in [0.4, 0.5) is 0 Å². The Morgan fingerprint density at radius 3 is 1.97 bits per heavy atom. The molecule has 3 rings (SSSR count). The number of rotatable bonds is 4. The predicted octanol–water partition coefficient (Wildman–Crippen LogP) is 0.590. The average molecular weight is 440 g/mol. The predicted molar refractivity (Wildman–Crippen MR) is 102 cm³/mol. The van der Waals surface area contributed by atoms with Crippen LogP contribution in [-0.2, 0) is 19.6 Å². The number of hydrogen-bond donors (Lipinski definition) is 2. The fourth-order valence-corrected chi connectivity index (χ4v) is 4.01. The molecular formula is C18H20N2O9S. The molecule has 0 bridgehead atoms. The van der Waals surface area contributed by atoms with E-state index in [9.17, 15) is 13.2 Å². The van der Waals surface area contributed by atoms with Crippen LogP contribution in [0.5, 0.6) is 5.75 Å². The van der Waals surface area contributed by atoms with Crippen molar-refractivity contribution >= 4 is 27.9 Å². The van der Waals surface area contributed by atoms with Crippen LogP contribution in [0.2, 0.25) is 0 Å². The molecule has 2 heterocycles. The molecule has 1 aliphatic rings. The topological polar surface area (TPSA) is 155 Å². The first-order valence-corrected chi connectivity index (χ1v) is 10.0. The minimum absolute atomic E-state index is 0.217. The monoisotopic (exact) mass is 440 g/mol. The van der Waals surface area contributed by atoms with Gasteiger partial charge in [0, 0.05) is 26.2 Å². The number of amides is 1. The molecule has 0 spiro atoms. The normalized spacial score (nSPS) is 14.4. The molecule has 1 saturated heterocycles. The Labute approximate surface area is 172 Å². The molecule has 2 aromatic rings. The Hall–Kier alpha value is -3.38. The van der Waals surface area contributed by atoms with E-state index in [1.807, 2.05) is 0 Å². The minimum Gasteiger partial charge on any atom is -0.497 e. The first-order chi connectivity index (χ1) is 14.2. The Morgan fingerprint density at radius 2 is 1.53 bits per heavy atom. The van der Waals surface area contributed by atoms with Crippen molar-refractivity contribution in [2.24, 2.45) is 0 Å². The number of carboxylic acids is 2. The maximum Gasteiger partial charge on any atom is 0.414 e. The van der Waals surface area contributed by atoms with Gasteiger partial charge in [0.1, 0.15) is 5.75 Å². The first-order valence-electron chi connectivity index (χ1n) is 8.60. The van der Waals surface area contributed by atoms with Gasteiger partial charge in [-0.2, -0.15) is 4.31 Å². The smallest absolute Gasteiger partial charge is 0.414 e. The summed E-state index contributed by atoms with van der Waals surface area (Å²) in [5, 5.41) is 14.8. The van der Waals surface area contributed by atoms with E-state index in [0.29, 0.717) is 18.8 Å². The van der Waals surface area contributed by atoms with Gasteiger partial charge in [0.2, 0.25) is 10.0 Å². The summed E-state index contributed by atoms with van der Waals surface area (Å²) < 4.78 is 36.8. The summed E-state index contributed by atoms with van der Waals surface area (Å²) in [5.41, 5.74) is 0. The Balaban J connectivity index is 0.000000469. The summed E-state index contributed by atoms with van der Waals surface area (Å²) in [5.74, 6) is -3.00. The van der Waals surface area contributed by atoms with Crippen LogP contribution in [0.25, 0.3) is 0 Å². The summed E-state index contributed by atoms with van der Waals surface area (Å²) in [6, 6.07) is 9.52. The largest absolute Gasteiger partial charge is 0.497 e. The van der Waals surface area contributed by atoms with E-state index < -0.39 is 22.0 Å². The summed E-state index contributed by atoms with van der Waals surface area (Å²) in [4.78, 5) is 32.2.